The lowest BCUT2D eigenvalue weighted by atomic mass is 9.77. The smallest absolute Gasteiger partial charge is 0.0540 e. The van der Waals surface area contributed by atoms with Crippen LogP contribution >= 0.6 is 0 Å². The van der Waals surface area contributed by atoms with Crippen LogP contribution in [0.3, 0.4) is 0 Å². The topological polar surface area (TPSA) is 3.24 Å². The van der Waals surface area contributed by atoms with Crippen molar-refractivity contribution < 1.29 is 0 Å². The van der Waals surface area contributed by atoms with Crippen molar-refractivity contribution >= 4 is 38.6 Å². The first kappa shape index (κ1) is 34.8. The van der Waals surface area contributed by atoms with E-state index >= 15 is 0 Å². The monoisotopic (exact) mass is 731 g/mol. The highest BCUT2D eigenvalue weighted by Gasteiger charge is 2.26. The fraction of sp³-hybridized carbons (Fsp3) is 0.107. The quantitative estimate of drug-likeness (QED) is 0.165. The highest BCUT2D eigenvalue weighted by atomic mass is 15.1. The summed E-state index contributed by atoms with van der Waals surface area (Å²) < 4.78 is 0. The summed E-state index contributed by atoms with van der Waals surface area (Å²) in [5, 5.41) is 5.05. The Morgan fingerprint density at radius 2 is 0.842 bits per heavy atom. The zero-order valence-corrected chi connectivity index (χ0v) is 33.3. The molecule has 1 aliphatic rings. The van der Waals surface area contributed by atoms with Crippen molar-refractivity contribution in [2.75, 3.05) is 4.90 Å². The Bertz CT molecular complexity index is 2960. The maximum Gasteiger partial charge on any atom is 0.0540 e. The minimum Gasteiger partial charge on any atom is -0.309 e. The highest BCUT2D eigenvalue weighted by molar-refractivity contribution is 6.12. The molecule has 0 atom stereocenters. The van der Waals surface area contributed by atoms with Gasteiger partial charge >= 0.3 is 0 Å². The molecule has 0 fully saturated rings. The van der Waals surface area contributed by atoms with Crippen molar-refractivity contribution in [2.24, 2.45) is 0 Å². The van der Waals surface area contributed by atoms with Crippen LogP contribution in [0.5, 0.6) is 0 Å². The van der Waals surface area contributed by atoms with Gasteiger partial charge in [0.1, 0.15) is 0 Å². The molecule has 10 rings (SSSR count). The van der Waals surface area contributed by atoms with Gasteiger partial charge in [0, 0.05) is 11.3 Å². The first-order valence-corrected chi connectivity index (χ1v) is 20.1. The first-order valence-electron chi connectivity index (χ1n) is 20.1. The van der Waals surface area contributed by atoms with E-state index in [4.69, 9.17) is 0 Å². The third kappa shape index (κ3) is 6.12. The Labute approximate surface area is 336 Å². The van der Waals surface area contributed by atoms with Crippen LogP contribution in [0.1, 0.15) is 37.5 Å². The Morgan fingerprint density at radius 1 is 0.351 bits per heavy atom. The number of para-hydroxylation sites is 1. The number of hydrogen-bond acceptors (Lipinski definition) is 1. The molecule has 9 aromatic carbocycles. The Hall–Kier alpha value is -6.70. The van der Waals surface area contributed by atoms with Gasteiger partial charge in [-0.3, -0.25) is 0 Å². The predicted molar refractivity (Wildman–Crippen MR) is 245 cm³/mol. The molecule has 0 saturated carbocycles. The lowest BCUT2D eigenvalue weighted by Gasteiger charge is -2.31. The van der Waals surface area contributed by atoms with Gasteiger partial charge < -0.3 is 4.90 Å². The van der Waals surface area contributed by atoms with Gasteiger partial charge in [0.2, 0.25) is 0 Å². The predicted octanol–water partition coefficient (Wildman–Crippen LogP) is 16.0. The summed E-state index contributed by atoms with van der Waals surface area (Å²) in [6, 6.07) is 67.6. The van der Waals surface area contributed by atoms with Gasteiger partial charge in [0.05, 0.1) is 11.4 Å². The van der Waals surface area contributed by atoms with Crippen LogP contribution in [0.4, 0.5) is 17.1 Å². The third-order valence-electron chi connectivity index (χ3n) is 12.0. The van der Waals surface area contributed by atoms with E-state index in [1.165, 1.54) is 99.6 Å². The van der Waals surface area contributed by atoms with Crippen molar-refractivity contribution in [3.05, 3.63) is 199 Å². The first-order chi connectivity index (χ1) is 27.7. The molecule has 1 heteroatoms. The van der Waals surface area contributed by atoms with Crippen LogP contribution < -0.4 is 4.90 Å². The number of hydrogen-bond donors (Lipinski definition) is 0. The molecule has 0 unspecified atom stereocenters. The second-order valence-electron chi connectivity index (χ2n) is 16.8. The number of aryl methyl sites for hydroxylation is 2. The standard InChI is InChI=1S/C56H45N/c1-36-13-12-14-37(2)55(36)57(54-28-24-42(38-15-8-6-9-16-38)31-49(54)40-17-10-7-11-18-40)48-27-23-44-33-51-52-34-45-29-41(39-21-25-47(26-22-39)56(3,4)5)19-20-43(45)32-50(52)53(51)35-46(44)30-48/h6-35H,1-5H3. The molecule has 274 valence electrons. The van der Waals surface area contributed by atoms with Crippen LogP contribution in [-0.4, -0.2) is 0 Å². The fourth-order valence-electron chi connectivity index (χ4n) is 8.83. The van der Waals surface area contributed by atoms with E-state index in [0.29, 0.717) is 0 Å². The zero-order valence-electron chi connectivity index (χ0n) is 33.3. The highest BCUT2D eigenvalue weighted by Crippen LogP contribution is 2.52. The summed E-state index contributed by atoms with van der Waals surface area (Å²) in [6.45, 7) is 11.3. The van der Waals surface area contributed by atoms with E-state index in [9.17, 15) is 0 Å². The summed E-state index contributed by atoms with van der Waals surface area (Å²) in [5.41, 5.74) is 20.1. The van der Waals surface area contributed by atoms with Crippen LogP contribution in [0.25, 0.3) is 77.2 Å². The Balaban J connectivity index is 1.08. The van der Waals surface area contributed by atoms with Crippen molar-refractivity contribution in [2.45, 2.75) is 40.0 Å². The van der Waals surface area contributed by atoms with Crippen molar-refractivity contribution in [1.29, 1.82) is 0 Å². The van der Waals surface area contributed by atoms with Gasteiger partial charge in [-0.2, -0.15) is 0 Å². The van der Waals surface area contributed by atoms with E-state index in [-0.39, 0.29) is 5.41 Å². The number of nitrogens with zero attached hydrogens (tertiary/aromatic N) is 1. The number of benzene rings is 9. The third-order valence-corrected chi connectivity index (χ3v) is 12.0. The molecule has 0 radical (unpaired) electrons. The molecule has 0 aliphatic heterocycles. The van der Waals surface area contributed by atoms with E-state index in [1.807, 2.05) is 0 Å². The normalized spacial score (nSPS) is 11.9. The van der Waals surface area contributed by atoms with Gasteiger partial charge in [-0.1, -0.05) is 148 Å². The molecule has 57 heavy (non-hydrogen) atoms. The fourth-order valence-corrected chi connectivity index (χ4v) is 8.83. The summed E-state index contributed by atoms with van der Waals surface area (Å²) in [6.07, 6.45) is 0. The van der Waals surface area contributed by atoms with E-state index in [2.05, 4.69) is 222 Å². The summed E-state index contributed by atoms with van der Waals surface area (Å²) in [7, 11) is 0. The molecule has 0 amide bonds. The second-order valence-corrected chi connectivity index (χ2v) is 16.8. The largest absolute Gasteiger partial charge is 0.309 e. The molecular formula is C56H45N. The second kappa shape index (κ2) is 13.5. The molecular weight excluding hydrogens is 687 g/mol. The molecule has 9 aromatic rings. The lowest BCUT2D eigenvalue weighted by Crippen LogP contribution is -2.14. The molecule has 0 spiro atoms. The van der Waals surface area contributed by atoms with Gasteiger partial charge in [0.25, 0.3) is 0 Å². The lowest BCUT2D eigenvalue weighted by molar-refractivity contribution is 0.590. The van der Waals surface area contributed by atoms with E-state index < -0.39 is 0 Å². The van der Waals surface area contributed by atoms with E-state index in [1.54, 1.807) is 0 Å². The van der Waals surface area contributed by atoms with E-state index in [0.717, 1.165) is 11.4 Å². The Kier molecular flexibility index (Phi) is 8.23. The van der Waals surface area contributed by atoms with Crippen LogP contribution in [0.15, 0.2) is 182 Å². The SMILES string of the molecule is Cc1cccc(C)c1N(c1ccc2cc3c(cc2c1)-c1cc2ccc(-c4ccc(C(C)(C)C)cc4)cc2cc1-3)c1ccc(-c2ccccc2)cc1-c1ccccc1. The maximum absolute atomic E-state index is 2.48. The molecule has 0 aromatic heterocycles. The Morgan fingerprint density at radius 3 is 1.46 bits per heavy atom. The summed E-state index contributed by atoms with van der Waals surface area (Å²) in [4.78, 5) is 2.48. The molecule has 0 heterocycles. The summed E-state index contributed by atoms with van der Waals surface area (Å²) >= 11 is 0. The molecule has 0 N–H and O–H groups in total. The molecule has 1 aliphatic carbocycles. The van der Waals surface area contributed by atoms with Crippen molar-refractivity contribution in [3.63, 3.8) is 0 Å². The van der Waals surface area contributed by atoms with Gasteiger partial charge in [0.15, 0.2) is 0 Å². The van der Waals surface area contributed by atoms with Crippen LogP contribution in [-0.2, 0) is 5.41 Å². The summed E-state index contributed by atoms with van der Waals surface area (Å²) in [5.74, 6) is 0. The number of anilines is 3. The molecule has 0 saturated heterocycles. The average molecular weight is 732 g/mol. The van der Waals surface area contributed by atoms with Gasteiger partial charge in [-0.05, 0) is 162 Å². The van der Waals surface area contributed by atoms with Gasteiger partial charge in [-0.15, -0.1) is 0 Å². The average Bonchev–Trinajstić information content (AvgIpc) is 3.24. The number of rotatable bonds is 6. The number of fused-ring (bicyclic) bond motifs is 6. The maximum atomic E-state index is 2.48. The van der Waals surface area contributed by atoms with Crippen LogP contribution in [0.2, 0.25) is 0 Å². The molecule has 1 nitrogen and oxygen atoms in total. The zero-order chi connectivity index (χ0) is 38.8. The van der Waals surface area contributed by atoms with Crippen LogP contribution in [0, 0.1) is 13.8 Å². The van der Waals surface area contributed by atoms with Crippen molar-refractivity contribution in [3.8, 4) is 55.6 Å². The minimum atomic E-state index is 0.143. The van der Waals surface area contributed by atoms with Gasteiger partial charge in [-0.25, -0.2) is 0 Å². The van der Waals surface area contributed by atoms with Crippen molar-refractivity contribution in [1.82, 2.24) is 0 Å². The minimum absolute atomic E-state index is 0.143. The molecule has 0 bridgehead atoms.